The number of aromatic nitrogens is 5. The van der Waals surface area contributed by atoms with Crippen molar-refractivity contribution in [3.05, 3.63) is 30.1 Å². The molecule has 0 aliphatic heterocycles. The van der Waals surface area contributed by atoms with Gasteiger partial charge in [0.25, 0.3) is 0 Å². The number of nitrogens with zero attached hydrogens (tertiary/aromatic N) is 5. The summed E-state index contributed by atoms with van der Waals surface area (Å²) in [6.45, 7) is 10.0. The van der Waals surface area contributed by atoms with Crippen LogP contribution in [0.5, 0.6) is 0 Å². The lowest BCUT2D eigenvalue weighted by Crippen LogP contribution is -2.18. The summed E-state index contributed by atoms with van der Waals surface area (Å²) in [6.07, 6.45) is 6.64. The van der Waals surface area contributed by atoms with Crippen molar-refractivity contribution in [3.8, 4) is 0 Å². The molecule has 2 heterocycles. The molecule has 0 spiro atoms. The minimum absolute atomic E-state index is 0.664. The van der Waals surface area contributed by atoms with Gasteiger partial charge < -0.3 is 5.32 Å². The van der Waals surface area contributed by atoms with Crippen LogP contribution >= 0.6 is 0 Å². The normalized spacial score (nSPS) is 11.4. The monoisotopic (exact) mass is 276 g/mol. The summed E-state index contributed by atoms with van der Waals surface area (Å²) in [5, 5.41) is 12.0. The van der Waals surface area contributed by atoms with E-state index in [4.69, 9.17) is 0 Å². The molecule has 0 aliphatic carbocycles. The van der Waals surface area contributed by atoms with Crippen LogP contribution in [-0.2, 0) is 19.6 Å². The Kier molecular flexibility index (Phi) is 5.29. The first-order valence-corrected chi connectivity index (χ1v) is 7.27. The summed E-state index contributed by atoms with van der Waals surface area (Å²) < 4.78 is 3.86. The van der Waals surface area contributed by atoms with Crippen LogP contribution < -0.4 is 5.32 Å². The fraction of sp³-hybridized carbons (Fsp3) is 0.643. The van der Waals surface area contributed by atoms with E-state index in [0.717, 1.165) is 31.9 Å². The van der Waals surface area contributed by atoms with Crippen LogP contribution in [0.3, 0.4) is 0 Å². The highest BCUT2D eigenvalue weighted by molar-refractivity contribution is 5.04. The Hall–Kier alpha value is -1.69. The van der Waals surface area contributed by atoms with E-state index in [0.29, 0.717) is 12.5 Å². The van der Waals surface area contributed by atoms with Gasteiger partial charge in [-0.3, -0.25) is 4.68 Å². The van der Waals surface area contributed by atoms with E-state index in [2.05, 4.69) is 47.5 Å². The largest absolute Gasteiger partial charge is 0.312 e. The van der Waals surface area contributed by atoms with Crippen LogP contribution in [0.25, 0.3) is 0 Å². The zero-order chi connectivity index (χ0) is 14.4. The van der Waals surface area contributed by atoms with E-state index in [9.17, 15) is 0 Å². The minimum atomic E-state index is 0.664. The molecule has 1 N–H and O–H groups in total. The molecule has 0 aromatic carbocycles. The molecule has 6 nitrogen and oxygen atoms in total. The third-order valence-electron chi connectivity index (χ3n) is 3.00. The lowest BCUT2D eigenvalue weighted by molar-refractivity contribution is 0.538. The van der Waals surface area contributed by atoms with Gasteiger partial charge in [-0.2, -0.15) is 10.2 Å². The average Bonchev–Trinajstić information content (AvgIpc) is 3.01. The van der Waals surface area contributed by atoms with E-state index in [-0.39, 0.29) is 0 Å². The quantitative estimate of drug-likeness (QED) is 0.797. The fourth-order valence-electron chi connectivity index (χ4n) is 2.04. The van der Waals surface area contributed by atoms with Crippen molar-refractivity contribution < 1.29 is 0 Å². The molecule has 0 fully saturated rings. The van der Waals surface area contributed by atoms with Crippen molar-refractivity contribution in [2.45, 2.75) is 46.8 Å². The second kappa shape index (κ2) is 7.19. The summed E-state index contributed by atoms with van der Waals surface area (Å²) in [4.78, 5) is 4.30. The predicted octanol–water partition coefficient (Wildman–Crippen LogP) is 1.68. The summed E-state index contributed by atoms with van der Waals surface area (Å²) in [5.41, 5.74) is 1.20. The Labute approximate surface area is 120 Å². The van der Waals surface area contributed by atoms with Crippen LogP contribution in [0.15, 0.2) is 18.7 Å². The molecule has 20 heavy (non-hydrogen) atoms. The van der Waals surface area contributed by atoms with E-state index in [1.807, 2.05) is 15.6 Å². The highest BCUT2D eigenvalue weighted by Crippen LogP contribution is 2.03. The van der Waals surface area contributed by atoms with Gasteiger partial charge in [-0.25, -0.2) is 9.67 Å². The second-order valence-corrected chi connectivity index (χ2v) is 5.47. The summed E-state index contributed by atoms with van der Waals surface area (Å²) >= 11 is 0. The van der Waals surface area contributed by atoms with E-state index < -0.39 is 0 Å². The van der Waals surface area contributed by atoms with Gasteiger partial charge in [0.15, 0.2) is 0 Å². The molecule has 6 heteroatoms. The maximum atomic E-state index is 4.39. The number of nitrogens with one attached hydrogen (secondary N) is 1. The van der Waals surface area contributed by atoms with Gasteiger partial charge in [0.1, 0.15) is 18.7 Å². The van der Waals surface area contributed by atoms with E-state index in [1.165, 1.54) is 5.56 Å². The second-order valence-electron chi connectivity index (χ2n) is 5.47. The maximum Gasteiger partial charge on any atom is 0.148 e. The third kappa shape index (κ3) is 4.16. The topological polar surface area (TPSA) is 60.6 Å². The summed E-state index contributed by atoms with van der Waals surface area (Å²) in [5.74, 6) is 1.62. The molecule has 0 saturated heterocycles. The average molecular weight is 276 g/mol. The van der Waals surface area contributed by atoms with Gasteiger partial charge in [-0.05, 0) is 18.9 Å². The Morgan fingerprint density at radius 2 is 2.15 bits per heavy atom. The van der Waals surface area contributed by atoms with Crippen molar-refractivity contribution in [2.24, 2.45) is 5.92 Å². The first-order valence-electron chi connectivity index (χ1n) is 7.27. The van der Waals surface area contributed by atoms with Crippen LogP contribution in [-0.4, -0.2) is 31.1 Å². The minimum Gasteiger partial charge on any atom is -0.312 e. The summed E-state index contributed by atoms with van der Waals surface area (Å²) in [7, 11) is 0. The van der Waals surface area contributed by atoms with Gasteiger partial charge in [-0.15, -0.1) is 0 Å². The van der Waals surface area contributed by atoms with Crippen molar-refractivity contribution in [1.29, 1.82) is 0 Å². The van der Waals surface area contributed by atoms with Gasteiger partial charge >= 0.3 is 0 Å². The van der Waals surface area contributed by atoms with E-state index >= 15 is 0 Å². The lowest BCUT2D eigenvalue weighted by atomic mass is 10.2. The molecule has 0 unspecified atom stereocenters. The summed E-state index contributed by atoms with van der Waals surface area (Å²) in [6, 6.07) is 0. The smallest absolute Gasteiger partial charge is 0.148 e. The molecule has 0 saturated carbocycles. The Morgan fingerprint density at radius 3 is 2.90 bits per heavy atom. The highest BCUT2D eigenvalue weighted by Gasteiger charge is 2.06. The van der Waals surface area contributed by atoms with E-state index in [1.54, 1.807) is 6.33 Å². The SMILES string of the molecule is CCCn1ncnc1Cn1cc(CNCC(C)C)cn1. The predicted molar refractivity (Wildman–Crippen MR) is 78.2 cm³/mol. The molecular weight excluding hydrogens is 252 g/mol. The molecule has 0 radical (unpaired) electrons. The van der Waals surface area contributed by atoms with Gasteiger partial charge in [0.05, 0.1) is 6.20 Å². The number of aryl methyl sites for hydroxylation is 1. The number of hydrogen-bond acceptors (Lipinski definition) is 4. The molecule has 0 aliphatic rings. The van der Waals surface area contributed by atoms with Crippen LogP contribution in [0.1, 0.15) is 38.6 Å². The molecule has 2 aromatic rings. The molecule has 0 amide bonds. The third-order valence-corrected chi connectivity index (χ3v) is 3.00. The molecule has 2 rings (SSSR count). The maximum absolute atomic E-state index is 4.39. The van der Waals surface area contributed by atoms with Crippen molar-refractivity contribution in [1.82, 2.24) is 29.9 Å². The van der Waals surface area contributed by atoms with Crippen LogP contribution in [0.4, 0.5) is 0 Å². The molecule has 0 bridgehead atoms. The highest BCUT2D eigenvalue weighted by atomic mass is 15.4. The van der Waals surface area contributed by atoms with Gasteiger partial charge in [-0.1, -0.05) is 20.8 Å². The Balaban J connectivity index is 1.90. The van der Waals surface area contributed by atoms with Crippen LogP contribution in [0.2, 0.25) is 0 Å². The molecule has 110 valence electrons. The molecular formula is C14H24N6. The number of hydrogen-bond donors (Lipinski definition) is 1. The first kappa shape index (κ1) is 14.7. The lowest BCUT2D eigenvalue weighted by Gasteiger charge is -2.05. The molecule has 0 atom stereocenters. The van der Waals surface area contributed by atoms with Crippen molar-refractivity contribution in [3.63, 3.8) is 0 Å². The van der Waals surface area contributed by atoms with Gasteiger partial charge in [0.2, 0.25) is 0 Å². The standard InChI is InChI=1S/C14H24N6/c1-4-5-20-14(16-11-18-20)10-19-9-13(8-17-19)7-15-6-12(2)3/h8-9,11-12,15H,4-7,10H2,1-3H3. The first-order chi connectivity index (χ1) is 9.69. The zero-order valence-electron chi connectivity index (χ0n) is 12.6. The fourth-order valence-corrected chi connectivity index (χ4v) is 2.04. The molecule has 2 aromatic heterocycles. The van der Waals surface area contributed by atoms with Crippen molar-refractivity contribution >= 4 is 0 Å². The van der Waals surface area contributed by atoms with Gasteiger partial charge in [0, 0.05) is 24.8 Å². The number of rotatable bonds is 8. The zero-order valence-corrected chi connectivity index (χ0v) is 12.6. The van der Waals surface area contributed by atoms with Crippen LogP contribution in [0, 0.1) is 5.92 Å². The Bertz CT molecular complexity index is 513. The van der Waals surface area contributed by atoms with Crippen molar-refractivity contribution in [2.75, 3.05) is 6.54 Å². The Morgan fingerprint density at radius 1 is 1.30 bits per heavy atom.